The number of hydrogen-bond donors (Lipinski definition) is 0. The minimum atomic E-state index is 0.576. The maximum Gasteiger partial charge on any atom is 0.131 e. The highest BCUT2D eigenvalue weighted by Gasteiger charge is 2.22. The number of piperidine rings is 1. The first-order valence-electron chi connectivity index (χ1n) is 7.67. The number of aryl methyl sites for hydroxylation is 1. The molecule has 104 valence electrons. The second-order valence-electron chi connectivity index (χ2n) is 6.10. The van der Waals surface area contributed by atoms with Crippen LogP contribution in [0.3, 0.4) is 0 Å². The van der Waals surface area contributed by atoms with Gasteiger partial charge in [-0.3, -0.25) is 4.90 Å². The smallest absolute Gasteiger partial charge is 0.131 e. The van der Waals surface area contributed by atoms with Crippen molar-refractivity contribution in [3.05, 3.63) is 23.4 Å². The SMILES string of the molecule is Cc1cc([C@@H]2CCCCN2C)cnc1N1CCCC1. The molecule has 1 aromatic heterocycles. The summed E-state index contributed by atoms with van der Waals surface area (Å²) in [4.78, 5) is 9.68. The van der Waals surface area contributed by atoms with Crippen LogP contribution in [-0.2, 0) is 0 Å². The zero-order chi connectivity index (χ0) is 13.2. The molecule has 2 aliphatic rings. The van der Waals surface area contributed by atoms with Crippen molar-refractivity contribution in [2.45, 2.75) is 45.1 Å². The Labute approximate surface area is 116 Å². The summed E-state index contributed by atoms with van der Waals surface area (Å²) in [5.74, 6) is 1.21. The molecule has 1 atom stereocenters. The predicted octanol–water partition coefficient (Wildman–Crippen LogP) is 3.15. The standard InChI is InChI=1S/C16H25N3/c1-13-11-14(15-7-3-4-8-18(15)2)12-17-16(13)19-9-5-6-10-19/h11-12,15H,3-10H2,1-2H3/t15-/m0/s1. The molecule has 0 aromatic carbocycles. The van der Waals surface area contributed by atoms with E-state index in [-0.39, 0.29) is 0 Å². The summed E-state index contributed by atoms with van der Waals surface area (Å²) in [6.45, 7) is 5.79. The van der Waals surface area contributed by atoms with Gasteiger partial charge in [0.15, 0.2) is 0 Å². The lowest BCUT2D eigenvalue weighted by Crippen LogP contribution is -2.30. The molecule has 0 aliphatic carbocycles. The summed E-state index contributed by atoms with van der Waals surface area (Å²) in [5, 5.41) is 0. The van der Waals surface area contributed by atoms with Gasteiger partial charge in [-0.15, -0.1) is 0 Å². The van der Waals surface area contributed by atoms with Crippen LogP contribution >= 0.6 is 0 Å². The molecular formula is C16H25N3. The average molecular weight is 259 g/mol. The van der Waals surface area contributed by atoms with E-state index in [1.807, 2.05) is 0 Å². The van der Waals surface area contributed by atoms with Gasteiger partial charge < -0.3 is 4.90 Å². The first-order chi connectivity index (χ1) is 9.25. The third-order valence-electron chi connectivity index (χ3n) is 4.63. The van der Waals surface area contributed by atoms with Gasteiger partial charge >= 0.3 is 0 Å². The van der Waals surface area contributed by atoms with Crippen LogP contribution in [-0.4, -0.2) is 36.6 Å². The predicted molar refractivity (Wildman–Crippen MR) is 79.6 cm³/mol. The van der Waals surface area contributed by atoms with Crippen molar-refractivity contribution >= 4 is 5.82 Å². The summed E-state index contributed by atoms with van der Waals surface area (Å²) in [5.41, 5.74) is 2.75. The normalized spacial score (nSPS) is 24.9. The third kappa shape index (κ3) is 2.62. The largest absolute Gasteiger partial charge is 0.356 e. The van der Waals surface area contributed by atoms with Crippen molar-refractivity contribution in [2.24, 2.45) is 0 Å². The molecule has 0 N–H and O–H groups in total. The lowest BCUT2D eigenvalue weighted by Gasteiger charge is -2.33. The zero-order valence-corrected chi connectivity index (χ0v) is 12.2. The van der Waals surface area contributed by atoms with Crippen molar-refractivity contribution in [2.75, 3.05) is 31.6 Å². The molecule has 0 radical (unpaired) electrons. The molecule has 2 aliphatic heterocycles. The second kappa shape index (κ2) is 5.49. The van der Waals surface area contributed by atoms with E-state index in [1.165, 1.54) is 68.7 Å². The molecule has 3 heteroatoms. The fourth-order valence-electron chi connectivity index (χ4n) is 3.53. The van der Waals surface area contributed by atoms with Crippen LogP contribution < -0.4 is 4.90 Å². The van der Waals surface area contributed by atoms with Crippen molar-refractivity contribution in [1.29, 1.82) is 0 Å². The molecule has 0 bridgehead atoms. The van der Waals surface area contributed by atoms with E-state index in [0.717, 1.165) is 0 Å². The Kier molecular flexibility index (Phi) is 3.74. The maximum atomic E-state index is 4.77. The van der Waals surface area contributed by atoms with Gasteiger partial charge in [0.2, 0.25) is 0 Å². The molecule has 2 fully saturated rings. The lowest BCUT2D eigenvalue weighted by molar-refractivity contribution is 0.187. The van der Waals surface area contributed by atoms with Crippen molar-refractivity contribution < 1.29 is 0 Å². The van der Waals surface area contributed by atoms with Crippen molar-refractivity contribution in [3.8, 4) is 0 Å². The fraction of sp³-hybridized carbons (Fsp3) is 0.688. The third-order valence-corrected chi connectivity index (χ3v) is 4.63. The molecule has 3 nitrogen and oxygen atoms in total. The Morgan fingerprint density at radius 3 is 2.53 bits per heavy atom. The highest BCUT2D eigenvalue weighted by molar-refractivity contribution is 5.48. The molecular weight excluding hydrogens is 234 g/mol. The number of aromatic nitrogens is 1. The fourth-order valence-corrected chi connectivity index (χ4v) is 3.53. The minimum absolute atomic E-state index is 0.576. The Morgan fingerprint density at radius 1 is 1.11 bits per heavy atom. The van der Waals surface area contributed by atoms with Gasteiger partial charge in [-0.2, -0.15) is 0 Å². The Morgan fingerprint density at radius 2 is 1.84 bits per heavy atom. The van der Waals surface area contributed by atoms with Crippen LogP contribution in [0.15, 0.2) is 12.3 Å². The summed E-state index contributed by atoms with van der Waals surface area (Å²) in [7, 11) is 2.24. The van der Waals surface area contributed by atoms with E-state index in [4.69, 9.17) is 4.98 Å². The molecule has 0 saturated carbocycles. The molecule has 19 heavy (non-hydrogen) atoms. The van der Waals surface area contributed by atoms with Gasteiger partial charge in [0.25, 0.3) is 0 Å². The van der Waals surface area contributed by atoms with E-state index in [2.05, 4.69) is 36.0 Å². The minimum Gasteiger partial charge on any atom is -0.356 e. The average Bonchev–Trinajstić information content (AvgIpc) is 2.93. The summed E-state index contributed by atoms with van der Waals surface area (Å²) >= 11 is 0. The van der Waals surface area contributed by atoms with Crippen LogP contribution in [0.1, 0.15) is 49.3 Å². The topological polar surface area (TPSA) is 19.4 Å². The van der Waals surface area contributed by atoms with E-state index in [0.29, 0.717) is 6.04 Å². The van der Waals surface area contributed by atoms with E-state index in [1.54, 1.807) is 0 Å². The zero-order valence-electron chi connectivity index (χ0n) is 12.2. The molecule has 0 amide bonds. The molecule has 3 rings (SSSR count). The summed E-state index contributed by atoms with van der Waals surface area (Å²) in [6.07, 6.45) is 8.71. The van der Waals surface area contributed by atoms with Crippen LogP contribution in [0.4, 0.5) is 5.82 Å². The van der Waals surface area contributed by atoms with Gasteiger partial charge in [-0.05, 0) is 63.4 Å². The van der Waals surface area contributed by atoms with Gasteiger partial charge in [0.05, 0.1) is 0 Å². The summed E-state index contributed by atoms with van der Waals surface area (Å²) < 4.78 is 0. The molecule has 3 heterocycles. The molecule has 1 aromatic rings. The van der Waals surface area contributed by atoms with Crippen LogP contribution in [0.5, 0.6) is 0 Å². The molecule has 2 saturated heterocycles. The Balaban J connectivity index is 1.82. The van der Waals surface area contributed by atoms with Gasteiger partial charge in [0.1, 0.15) is 5.82 Å². The van der Waals surface area contributed by atoms with Gasteiger partial charge in [-0.25, -0.2) is 4.98 Å². The molecule has 0 unspecified atom stereocenters. The van der Waals surface area contributed by atoms with Crippen LogP contribution in [0.2, 0.25) is 0 Å². The summed E-state index contributed by atoms with van der Waals surface area (Å²) in [6, 6.07) is 2.94. The highest BCUT2D eigenvalue weighted by Crippen LogP contribution is 2.31. The number of nitrogens with zero attached hydrogens (tertiary/aromatic N) is 3. The number of hydrogen-bond acceptors (Lipinski definition) is 3. The van der Waals surface area contributed by atoms with Crippen LogP contribution in [0.25, 0.3) is 0 Å². The van der Waals surface area contributed by atoms with Gasteiger partial charge in [0, 0.05) is 25.3 Å². The lowest BCUT2D eigenvalue weighted by atomic mass is 9.96. The maximum absolute atomic E-state index is 4.77. The van der Waals surface area contributed by atoms with Crippen molar-refractivity contribution in [1.82, 2.24) is 9.88 Å². The first kappa shape index (κ1) is 12.9. The Hall–Kier alpha value is -1.09. The van der Waals surface area contributed by atoms with Crippen LogP contribution in [0, 0.1) is 6.92 Å². The number of rotatable bonds is 2. The number of pyridine rings is 1. The highest BCUT2D eigenvalue weighted by atomic mass is 15.2. The van der Waals surface area contributed by atoms with Gasteiger partial charge in [-0.1, -0.05) is 6.42 Å². The van der Waals surface area contributed by atoms with E-state index < -0.39 is 0 Å². The van der Waals surface area contributed by atoms with E-state index in [9.17, 15) is 0 Å². The quantitative estimate of drug-likeness (QED) is 0.813. The van der Waals surface area contributed by atoms with E-state index >= 15 is 0 Å². The number of anilines is 1. The Bertz CT molecular complexity index is 438. The molecule has 0 spiro atoms. The number of likely N-dealkylation sites (tertiary alicyclic amines) is 1. The monoisotopic (exact) mass is 259 g/mol. The first-order valence-corrected chi connectivity index (χ1v) is 7.67. The second-order valence-corrected chi connectivity index (χ2v) is 6.10. The van der Waals surface area contributed by atoms with Crippen molar-refractivity contribution in [3.63, 3.8) is 0 Å².